The number of imidazole rings is 1. The van der Waals surface area contributed by atoms with E-state index >= 15 is 0 Å². The third-order valence-corrected chi connectivity index (χ3v) is 3.28. The first-order chi connectivity index (χ1) is 11.0. The van der Waals surface area contributed by atoms with E-state index in [9.17, 15) is 4.79 Å². The molecule has 0 amide bonds. The lowest BCUT2D eigenvalue weighted by Crippen LogP contribution is -2.30. The Bertz CT molecular complexity index is 649. The van der Waals surface area contributed by atoms with Crippen molar-refractivity contribution in [2.75, 3.05) is 6.61 Å². The van der Waals surface area contributed by atoms with E-state index in [4.69, 9.17) is 9.47 Å². The fourth-order valence-corrected chi connectivity index (χ4v) is 2.10. The van der Waals surface area contributed by atoms with Gasteiger partial charge in [-0.1, -0.05) is 36.9 Å². The van der Waals surface area contributed by atoms with Crippen LogP contribution in [0.15, 0.2) is 61.2 Å². The molecule has 5 heteroatoms. The molecule has 0 radical (unpaired) electrons. The molecule has 5 nitrogen and oxygen atoms in total. The average molecular weight is 315 g/mol. The second kappa shape index (κ2) is 8.29. The molecule has 0 N–H and O–H groups in total. The molecular formula is C18H23N2O3+. The van der Waals surface area contributed by atoms with E-state index in [1.54, 1.807) is 6.92 Å². The number of benzene rings is 1. The van der Waals surface area contributed by atoms with Crippen LogP contribution in [0.3, 0.4) is 0 Å². The smallest absolute Gasteiger partial charge is 0.333 e. The van der Waals surface area contributed by atoms with Crippen LogP contribution in [0.25, 0.3) is 0 Å². The largest absolute Gasteiger partial charge is 0.452 e. The Balaban J connectivity index is 1.92. The first-order valence-electron chi connectivity index (χ1n) is 7.54. The summed E-state index contributed by atoms with van der Waals surface area (Å²) >= 11 is 0. The van der Waals surface area contributed by atoms with Gasteiger partial charge in [-0.25, -0.2) is 13.9 Å². The van der Waals surface area contributed by atoms with Gasteiger partial charge in [0.1, 0.15) is 18.9 Å². The van der Waals surface area contributed by atoms with E-state index in [0.717, 1.165) is 5.56 Å². The Hall–Kier alpha value is -2.40. The van der Waals surface area contributed by atoms with Gasteiger partial charge in [-0.3, -0.25) is 0 Å². The van der Waals surface area contributed by atoms with Crippen LogP contribution in [0, 0.1) is 0 Å². The minimum Gasteiger partial charge on any atom is -0.452 e. The molecule has 0 bridgehead atoms. The van der Waals surface area contributed by atoms with Crippen molar-refractivity contribution in [3.63, 3.8) is 0 Å². The van der Waals surface area contributed by atoms with E-state index in [0.29, 0.717) is 25.3 Å². The monoisotopic (exact) mass is 315 g/mol. The molecule has 1 heterocycles. The fraction of sp³-hybridized carbons (Fsp3) is 0.333. The van der Waals surface area contributed by atoms with Gasteiger partial charge >= 0.3 is 5.97 Å². The topological polar surface area (TPSA) is 44.3 Å². The maximum absolute atomic E-state index is 11.8. The molecule has 0 saturated heterocycles. The van der Waals surface area contributed by atoms with Gasteiger partial charge < -0.3 is 9.47 Å². The van der Waals surface area contributed by atoms with Crippen molar-refractivity contribution in [1.29, 1.82) is 0 Å². The fourth-order valence-electron chi connectivity index (χ4n) is 2.10. The average Bonchev–Trinajstić information content (AvgIpc) is 2.93. The molecule has 1 aromatic carbocycles. The number of aryl methyl sites for hydroxylation is 1. The van der Waals surface area contributed by atoms with Gasteiger partial charge in [0.2, 0.25) is 6.33 Å². The lowest BCUT2D eigenvalue weighted by atomic mass is 10.2. The van der Waals surface area contributed by atoms with Crippen LogP contribution in [-0.2, 0) is 34.5 Å². The van der Waals surface area contributed by atoms with E-state index in [2.05, 4.69) is 6.58 Å². The second-order valence-corrected chi connectivity index (χ2v) is 5.58. The van der Waals surface area contributed by atoms with E-state index in [-0.39, 0.29) is 6.10 Å². The number of aromatic nitrogens is 2. The van der Waals surface area contributed by atoms with Crippen LogP contribution in [0.1, 0.15) is 12.5 Å². The minimum absolute atomic E-state index is 0.329. The maximum Gasteiger partial charge on any atom is 0.333 e. The minimum atomic E-state index is -0.394. The molecule has 1 aromatic heterocycles. The van der Waals surface area contributed by atoms with E-state index in [1.165, 1.54) is 0 Å². The molecule has 0 aliphatic rings. The molecule has 0 fully saturated rings. The van der Waals surface area contributed by atoms with Gasteiger partial charge in [0.05, 0.1) is 20.3 Å². The third-order valence-electron chi connectivity index (χ3n) is 3.28. The number of esters is 1. The SMILES string of the molecule is C=C(C)C(=O)OC(COCc1ccccc1)Cn1cc[n+](C)c1. The molecule has 0 aliphatic carbocycles. The van der Waals surface area contributed by atoms with Crippen molar-refractivity contribution >= 4 is 5.97 Å². The van der Waals surface area contributed by atoms with Gasteiger partial charge in [0.15, 0.2) is 6.10 Å². The lowest BCUT2D eigenvalue weighted by molar-refractivity contribution is -0.671. The number of carbonyl (C=O) groups excluding carboxylic acids is 1. The first kappa shape index (κ1) is 17.0. The highest BCUT2D eigenvalue weighted by molar-refractivity contribution is 5.87. The number of rotatable bonds is 8. The summed E-state index contributed by atoms with van der Waals surface area (Å²) in [6.45, 7) is 6.61. The predicted molar refractivity (Wildman–Crippen MR) is 86.4 cm³/mol. The van der Waals surface area contributed by atoms with Crippen LogP contribution >= 0.6 is 0 Å². The molecule has 2 aromatic rings. The summed E-state index contributed by atoms with van der Waals surface area (Å²) in [4.78, 5) is 11.8. The summed E-state index contributed by atoms with van der Waals surface area (Å²) in [6.07, 6.45) is 5.43. The van der Waals surface area contributed by atoms with Crippen molar-refractivity contribution in [3.8, 4) is 0 Å². The Morgan fingerprint density at radius 1 is 1.35 bits per heavy atom. The Morgan fingerprint density at radius 2 is 2.09 bits per heavy atom. The lowest BCUT2D eigenvalue weighted by Gasteiger charge is -2.16. The highest BCUT2D eigenvalue weighted by atomic mass is 16.6. The van der Waals surface area contributed by atoms with E-state index in [1.807, 2.05) is 65.2 Å². The van der Waals surface area contributed by atoms with Crippen LogP contribution in [0.4, 0.5) is 0 Å². The molecule has 2 rings (SSSR count). The van der Waals surface area contributed by atoms with Gasteiger partial charge in [-0.05, 0) is 12.5 Å². The van der Waals surface area contributed by atoms with Crippen molar-refractivity contribution in [1.82, 2.24) is 4.57 Å². The van der Waals surface area contributed by atoms with E-state index < -0.39 is 5.97 Å². The van der Waals surface area contributed by atoms with Crippen LogP contribution in [-0.4, -0.2) is 23.2 Å². The summed E-state index contributed by atoms with van der Waals surface area (Å²) in [5.74, 6) is -0.394. The Morgan fingerprint density at radius 3 is 2.70 bits per heavy atom. The molecular weight excluding hydrogens is 292 g/mol. The number of carbonyl (C=O) groups is 1. The number of ether oxygens (including phenoxy) is 2. The molecule has 1 unspecified atom stereocenters. The molecule has 122 valence electrons. The maximum atomic E-state index is 11.8. The normalized spacial score (nSPS) is 11.9. The number of hydrogen-bond donors (Lipinski definition) is 0. The highest BCUT2D eigenvalue weighted by Crippen LogP contribution is 2.06. The zero-order valence-corrected chi connectivity index (χ0v) is 13.6. The first-order valence-corrected chi connectivity index (χ1v) is 7.54. The van der Waals surface area contributed by atoms with Crippen LogP contribution < -0.4 is 4.57 Å². The van der Waals surface area contributed by atoms with Crippen LogP contribution in [0.5, 0.6) is 0 Å². The predicted octanol–water partition coefficient (Wildman–Crippen LogP) is 2.02. The Kier molecular flexibility index (Phi) is 6.11. The molecule has 0 saturated carbocycles. The standard InChI is InChI=1S/C18H23N2O3/c1-15(2)18(21)23-17(11-20-10-9-19(3)14-20)13-22-12-16-7-5-4-6-8-16/h4-10,14,17H,1,11-13H2,2-3H3/q+1. The van der Waals surface area contributed by atoms with Crippen molar-refractivity contribution in [2.45, 2.75) is 26.2 Å². The second-order valence-electron chi connectivity index (χ2n) is 5.58. The summed E-state index contributed by atoms with van der Waals surface area (Å²) in [7, 11) is 1.94. The highest BCUT2D eigenvalue weighted by Gasteiger charge is 2.19. The quantitative estimate of drug-likeness (QED) is 0.425. The summed E-state index contributed by atoms with van der Waals surface area (Å²) in [6, 6.07) is 9.91. The Labute approximate surface area is 136 Å². The zero-order valence-electron chi connectivity index (χ0n) is 13.6. The van der Waals surface area contributed by atoms with Crippen molar-refractivity contribution in [3.05, 3.63) is 66.8 Å². The van der Waals surface area contributed by atoms with Crippen molar-refractivity contribution < 1.29 is 18.8 Å². The van der Waals surface area contributed by atoms with Gasteiger partial charge in [0.25, 0.3) is 0 Å². The molecule has 23 heavy (non-hydrogen) atoms. The van der Waals surface area contributed by atoms with Gasteiger partial charge in [-0.2, -0.15) is 0 Å². The molecule has 0 aliphatic heterocycles. The zero-order chi connectivity index (χ0) is 16.7. The molecule has 1 atom stereocenters. The number of nitrogens with zero attached hydrogens (tertiary/aromatic N) is 2. The van der Waals surface area contributed by atoms with Crippen molar-refractivity contribution in [2.24, 2.45) is 7.05 Å². The summed E-state index contributed by atoms with van der Waals surface area (Å²) < 4.78 is 15.1. The summed E-state index contributed by atoms with van der Waals surface area (Å²) in [5.41, 5.74) is 1.47. The van der Waals surface area contributed by atoms with Crippen LogP contribution in [0.2, 0.25) is 0 Å². The van der Waals surface area contributed by atoms with Gasteiger partial charge in [0, 0.05) is 5.57 Å². The van der Waals surface area contributed by atoms with Gasteiger partial charge in [-0.15, -0.1) is 0 Å². The summed E-state index contributed by atoms with van der Waals surface area (Å²) in [5, 5.41) is 0. The third kappa shape index (κ3) is 5.71. The molecule has 0 spiro atoms. The number of hydrogen-bond acceptors (Lipinski definition) is 3.